The molecule has 5 nitrogen and oxygen atoms in total. The van der Waals surface area contributed by atoms with Crippen molar-refractivity contribution in [3.8, 4) is 0 Å². The summed E-state index contributed by atoms with van der Waals surface area (Å²) in [6, 6.07) is 16.2. The maximum Gasteiger partial charge on any atom is 0.243 e. The first-order chi connectivity index (χ1) is 17.6. The van der Waals surface area contributed by atoms with Gasteiger partial charge in [0.25, 0.3) is 0 Å². The maximum absolute atomic E-state index is 13.7. The third-order valence-electron chi connectivity index (χ3n) is 8.53. The molecule has 0 amide bonds. The van der Waals surface area contributed by atoms with E-state index in [1.165, 1.54) is 30.5 Å². The first-order valence-electron chi connectivity index (χ1n) is 13.7. The minimum atomic E-state index is -3.64. The number of ketones is 1. The molecule has 0 N–H and O–H groups in total. The Morgan fingerprint density at radius 3 is 2.24 bits per heavy atom. The van der Waals surface area contributed by atoms with E-state index in [4.69, 9.17) is 0 Å². The van der Waals surface area contributed by atoms with Crippen molar-refractivity contribution in [1.82, 2.24) is 4.31 Å². The zero-order chi connectivity index (χ0) is 26.3. The highest BCUT2D eigenvalue weighted by Gasteiger charge is 2.45. The van der Waals surface area contributed by atoms with Gasteiger partial charge in [-0.3, -0.25) is 4.79 Å². The second-order valence-electron chi connectivity index (χ2n) is 12.2. The van der Waals surface area contributed by atoms with Crippen LogP contribution in [-0.2, 0) is 26.7 Å². The van der Waals surface area contributed by atoms with E-state index in [-0.39, 0.29) is 16.6 Å². The van der Waals surface area contributed by atoms with E-state index in [0.29, 0.717) is 37.2 Å². The lowest BCUT2D eigenvalue weighted by molar-refractivity contribution is -0.120. The van der Waals surface area contributed by atoms with Gasteiger partial charge in [0, 0.05) is 50.1 Å². The molecule has 2 aromatic carbocycles. The Kier molecular flexibility index (Phi) is 7.10. The summed E-state index contributed by atoms with van der Waals surface area (Å²) in [5, 5.41) is 0. The minimum absolute atomic E-state index is 0.0344. The third kappa shape index (κ3) is 5.42. The lowest BCUT2D eigenvalue weighted by Crippen LogP contribution is -2.49. The number of hydrogen-bond acceptors (Lipinski definition) is 4. The highest BCUT2D eigenvalue weighted by atomic mass is 32.2. The van der Waals surface area contributed by atoms with Crippen molar-refractivity contribution < 1.29 is 13.2 Å². The zero-order valence-electron chi connectivity index (χ0n) is 22.5. The summed E-state index contributed by atoms with van der Waals surface area (Å²) in [7, 11) is -3.64. The van der Waals surface area contributed by atoms with E-state index in [0.717, 1.165) is 30.6 Å². The maximum atomic E-state index is 13.7. The molecule has 1 unspecified atom stereocenters. The number of carbonyl (C=O) groups excluding carboxylic acids is 1. The Balaban J connectivity index is 1.40. The zero-order valence-corrected chi connectivity index (χ0v) is 23.3. The smallest absolute Gasteiger partial charge is 0.243 e. The molecular formula is C31H40N2O3S. The lowest BCUT2D eigenvalue weighted by atomic mass is 9.65. The van der Waals surface area contributed by atoms with Gasteiger partial charge in [0.2, 0.25) is 10.0 Å². The van der Waals surface area contributed by atoms with Crippen LogP contribution in [-0.4, -0.2) is 44.7 Å². The fourth-order valence-corrected chi connectivity index (χ4v) is 7.66. The predicted octanol–water partition coefficient (Wildman–Crippen LogP) is 5.89. The van der Waals surface area contributed by atoms with Gasteiger partial charge in [-0.05, 0) is 72.9 Å². The van der Waals surface area contributed by atoms with Gasteiger partial charge in [-0.2, -0.15) is 4.31 Å². The van der Waals surface area contributed by atoms with Gasteiger partial charge in [-0.15, -0.1) is 0 Å². The number of piperidine rings is 1. The normalized spacial score (nSPS) is 23.5. The average molecular weight is 521 g/mol. The van der Waals surface area contributed by atoms with E-state index in [9.17, 15) is 13.2 Å². The molecule has 0 aromatic heterocycles. The molecule has 0 radical (unpaired) electrons. The second kappa shape index (κ2) is 10.0. The van der Waals surface area contributed by atoms with Gasteiger partial charge < -0.3 is 4.90 Å². The molecule has 37 heavy (non-hydrogen) atoms. The molecule has 1 atom stereocenters. The highest BCUT2D eigenvalue weighted by Crippen LogP contribution is 2.46. The number of hydrogen-bond donors (Lipinski definition) is 0. The van der Waals surface area contributed by atoms with Crippen LogP contribution in [0.2, 0.25) is 0 Å². The van der Waals surface area contributed by atoms with E-state index >= 15 is 0 Å². The molecule has 2 aliphatic heterocycles. The summed E-state index contributed by atoms with van der Waals surface area (Å²) in [6.07, 6.45) is 8.22. The largest absolute Gasteiger partial charge is 0.372 e. The molecule has 2 fully saturated rings. The number of nitrogens with zero attached hydrogens (tertiary/aromatic N) is 2. The molecule has 5 rings (SSSR count). The van der Waals surface area contributed by atoms with Gasteiger partial charge >= 0.3 is 0 Å². The molecule has 0 spiro atoms. The van der Waals surface area contributed by atoms with E-state index in [2.05, 4.69) is 49.9 Å². The number of benzene rings is 2. The van der Waals surface area contributed by atoms with Gasteiger partial charge in [0.1, 0.15) is 5.78 Å². The van der Waals surface area contributed by atoms with Crippen molar-refractivity contribution in [1.29, 1.82) is 0 Å². The summed E-state index contributed by atoms with van der Waals surface area (Å²) >= 11 is 0. The van der Waals surface area contributed by atoms with Crippen LogP contribution in [0.25, 0.3) is 0 Å². The number of carbonyl (C=O) groups is 1. The molecular weight excluding hydrogens is 480 g/mol. The van der Waals surface area contributed by atoms with E-state index in [1.807, 2.05) is 18.2 Å². The summed E-state index contributed by atoms with van der Waals surface area (Å²) in [5.41, 5.74) is 4.34. The van der Waals surface area contributed by atoms with Crippen LogP contribution in [0.4, 0.5) is 5.69 Å². The van der Waals surface area contributed by atoms with Crippen LogP contribution in [0.3, 0.4) is 0 Å². The standard InChI is InChI=1S/C31H40N2O3S/c1-30(2,3)25-9-13-29(14-10-25)37(35,36)33-20-16-26-21-28(34)15-17-31(26,23-33)22-24-7-11-27(12-8-24)32-18-5-4-6-19-32/h7-14,16H,4-6,15,17-23H2,1-3H3. The second-order valence-corrected chi connectivity index (χ2v) is 14.1. The first-order valence-corrected chi connectivity index (χ1v) is 15.2. The number of sulfonamides is 1. The van der Waals surface area contributed by atoms with Gasteiger partial charge in [0.15, 0.2) is 0 Å². The Hall–Kier alpha value is -2.44. The van der Waals surface area contributed by atoms with Crippen molar-refractivity contribution in [2.45, 2.75) is 76.0 Å². The van der Waals surface area contributed by atoms with Crippen LogP contribution in [0.5, 0.6) is 0 Å². The quantitative estimate of drug-likeness (QED) is 0.462. The van der Waals surface area contributed by atoms with Crippen LogP contribution in [0, 0.1) is 5.41 Å². The molecule has 3 aliphatic rings. The molecule has 1 saturated carbocycles. The number of anilines is 1. The average Bonchev–Trinajstić information content (AvgIpc) is 2.89. The van der Waals surface area contributed by atoms with Gasteiger partial charge in [-0.25, -0.2) is 8.42 Å². The molecule has 1 aliphatic carbocycles. The van der Waals surface area contributed by atoms with Gasteiger partial charge in [-0.1, -0.05) is 56.7 Å². The number of fused-ring (bicyclic) bond motifs is 1. The Bertz CT molecular complexity index is 1270. The first kappa shape index (κ1) is 26.2. The monoisotopic (exact) mass is 520 g/mol. The SMILES string of the molecule is CC(C)(C)c1ccc(S(=O)(=O)N2CC=C3CC(=O)CCC3(Cc3ccc(N4CCCCC4)cc3)C2)cc1. The van der Waals surface area contributed by atoms with E-state index in [1.54, 1.807) is 16.4 Å². The molecule has 2 aromatic rings. The molecule has 1 saturated heterocycles. The molecule has 6 heteroatoms. The van der Waals surface area contributed by atoms with Crippen LogP contribution in [0.1, 0.15) is 70.4 Å². The third-order valence-corrected chi connectivity index (χ3v) is 10.4. The van der Waals surface area contributed by atoms with Crippen molar-refractivity contribution in [2.75, 3.05) is 31.1 Å². The molecule has 198 valence electrons. The number of rotatable bonds is 5. The fraction of sp³-hybridized carbons (Fsp3) is 0.516. The van der Waals surface area contributed by atoms with Crippen molar-refractivity contribution in [3.05, 3.63) is 71.3 Å². The van der Waals surface area contributed by atoms with Crippen molar-refractivity contribution in [2.24, 2.45) is 5.41 Å². The van der Waals surface area contributed by atoms with E-state index < -0.39 is 10.0 Å². The Labute approximate surface area is 222 Å². The van der Waals surface area contributed by atoms with Crippen molar-refractivity contribution >= 4 is 21.5 Å². The van der Waals surface area contributed by atoms with Crippen LogP contribution < -0.4 is 4.90 Å². The highest BCUT2D eigenvalue weighted by molar-refractivity contribution is 7.89. The summed E-state index contributed by atoms with van der Waals surface area (Å²) in [5.74, 6) is 0.261. The summed E-state index contributed by atoms with van der Waals surface area (Å²) in [4.78, 5) is 15.2. The Morgan fingerprint density at radius 2 is 1.59 bits per heavy atom. The molecule has 0 bridgehead atoms. The number of Topliss-reactive ketones (excluding diaryl/α,β-unsaturated/α-hetero) is 1. The van der Waals surface area contributed by atoms with Crippen LogP contribution >= 0.6 is 0 Å². The molecule has 2 heterocycles. The van der Waals surface area contributed by atoms with Crippen LogP contribution in [0.15, 0.2) is 65.1 Å². The minimum Gasteiger partial charge on any atom is -0.372 e. The van der Waals surface area contributed by atoms with Crippen molar-refractivity contribution in [3.63, 3.8) is 0 Å². The summed E-state index contributed by atoms with van der Waals surface area (Å²) in [6.45, 7) is 9.34. The predicted molar refractivity (Wildman–Crippen MR) is 149 cm³/mol. The van der Waals surface area contributed by atoms with Gasteiger partial charge in [0.05, 0.1) is 4.90 Å². The Morgan fingerprint density at radius 1 is 0.919 bits per heavy atom. The summed E-state index contributed by atoms with van der Waals surface area (Å²) < 4.78 is 29.1. The fourth-order valence-electron chi connectivity index (χ4n) is 6.20. The topological polar surface area (TPSA) is 57.7 Å². The lowest BCUT2D eigenvalue weighted by Gasteiger charge is -2.45.